The molecule has 0 aromatic heterocycles. The van der Waals surface area contributed by atoms with Gasteiger partial charge < -0.3 is 14.3 Å². The number of carbonyl (C=O) groups excluding carboxylic acids is 2. The molecule has 0 aliphatic carbocycles. The smallest absolute Gasteiger partial charge is 0.148 e. The summed E-state index contributed by atoms with van der Waals surface area (Å²) in [4.78, 5) is 21.5. The van der Waals surface area contributed by atoms with Crippen molar-refractivity contribution in [1.29, 1.82) is 0 Å². The zero-order valence-electron chi connectivity index (χ0n) is 9.39. The van der Waals surface area contributed by atoms with Crippen molar-refractivity contribution in [2.45, 2.75) is 32.5 Å². The van der Waals surface area contributed by atoms with Gasteiger partial charge in [-0.3, -0.25) is 0 Å². The van der Waals surface area contributed by atoms with E-state index in [2.05, 4.69) is 0 Å². The minimum atomic E-state index is -0.482. The zero-order chi connectivity index (χ0) is 11.8. The predicted octanol–water partition coefficient (Wildman–Crippen LogP) is 2.14. The van der Waals surface area contributed by atoms with Crippen LogP contribution < -0.4 is 0 Å². The van der Waals surface area contributed by atoms with Crippen molar-refractivity contribution in [3.8, 4) is 0 Å². The molecule has 0 fully saturated rings. The number of rotatable bonds is 7. The Labute approximate surface area is 95.4 Å². The zero-order valence-corrected chi connectivity index (χ0v) is 9.39. The predicted molar refractivity (Wildman–Crippen MR) is 61.0 cm³/mol. The molecule has 1 aromatic rings. The Morgan fingerprint density at radius 1 is 1.38 bits per heavy atom. The van der Waals surface area contributed by atoms with Crippen LogP contribution in [0.2, 0.25) is 0 Å². The summed E-state index contributed by atoms with van der Waals surface area (Å²) in [6.07, 6.45) is 1.12. The number of ether oxygens (including phenoxy) is 1. The molecule has 3 heteroatoms. The molecular formula is C13H16O3. The number of carbonyl (C=O) groups is 2. The standard InChI is InChI=1S/C13H16O3/c1-11(15)7-8-13(9-14)16-10-12-5-3-2-4-6-12/h2-6,9,13H,7-8,10H2,1H3. The van der Waals surface area contributed by atoms with E-state index in [-0.39, 0.29) is 5.78 Å². The molecule has 86 valence electrons. The molecule has 0 aliphatic rings. The van der Waals surface area contributed by atoms with Crippen LogP contribution in [0.15, 0.2) is 30.3 Å². The summed E-state index contributed by atoms with van der Waals surface area (Å²) in [5.41, 5.74) is 1.03. The Bertz CT molecular complexity index is 332. The van der Waals surface area contributed by atoms with Crippen molar-refractivity contribution in [3.63, 3.8) is 0 Å². The largest absolute Gasteiger partial charge is 0.366 e. The summed E-state index contributed by atoms with van der Waals surface area (Å²) >= 11 is 0. The Kier molecular flexibility index (Phi) is 5.43. The average molecular weight is 220 g/mol. The SMILES string of the molecule is CC(=O)CCC(C=O)OCc1ccccc1. The van der Waals surface area contributed by atoms with Gasteiger partial charge in [-0.05, 0) is 18.9 Å². The van der Waals surface area contributed by atoms with Crippen LogP contribution in [0.3, 0.4) is 0 Å². The van der Waals surface area contributed by atoms with E-state index in [1.54, 1.807) is 0 Å². The normalized spacial score (nSPS) is 12.1. The quantitative estimate of drug-likeness (QED) is 0.661. The third kappa shape index (κ3) is 4.84. The highest BCUT2D eigenvalue weighted by atomic mass is 16.5. The van der Waals surface area contributed by atoms with E-state index in [0.29, 0.717) is 19.4 Å². The van der Waals surface area contributed by atoms with Crippen molar-refractivity contribution in [3.05, 3.63) is 35.9 Å². The van der Waals surface area contributed by atoms with Gasteiger partial charge in [0.2, 0.25) is 0 Å². The van der Waals surface area contributed by atoms with Crippen molar-refractivity contribution < 1.29 is 14.3 Å². The molecule has 0 N–H and O–H groups in total. The molecule has 0 spiro atoms. The van der Waals surface area contributed by atoms with Gasteiger partial charge in [0.25, 0.3) is 0 Å². The molecule has 1 aromatic carbocycles. The van der Waals surface area contributed by atoms with Gasteiger partial charge in [0.15, 0.2) is 0 Å². The Morgan fingerprint density at radius 2 is 2.06 bits per heavy atom. The van der Waals surface area contributed by atoms with Crippen LogP contribution in [-0.2, 0) is 20.9 Å². The lowest BCUT2D eigenvalue weighted by Crippen LogP contribution is -2.15. The summed E-state index contributed by atoms with van der Waals surface area (Å²) in [6.45, 7) is 1.92. The van der Waals surface area contributed by atoms with Crippen molar-refractivity contribution in [1.82, 2.24) is 0 Å². The van der Waals surface area contributed by atoms with Crippen LogP contribution in [0.1, 0.15) is 25.3 Å². The number of aldehydes is 1. The molecule has 0 saturated carbocycles. The highest BCUT2D eigenvalue weighted by Gasteiger charge is 2.08. The Balaban J connectivity index is 2.34. The highest BCUT2D eigenvalue weighted by molar-refractivity contribution is 5.75. The molecule has 1 rings (SSSR count). The highest BCUT2D eigenvalue weighted by Crippen LogP contribution is 2.06. The lowest BCUT2D eigenvalue weighted by atomic mass is 10.1. The fourth-order valence-corrected chi connectivity index (χ4v) is 1.31. The van der Waals surface area contributed by atoms with Gasteiger partial charge in [-0.25, -0.2) is 0 Å². The van der Waals surface area contributed by atoms with Crippen LogP contribution in [0.4, 0.5) is 0 Å². The first-order valence-corrected chi connectivity index (χ1v) is 5.32. The Hall–Kier alpha value is -1.48. The van der Waals surface area contributed by atoms with Crippen molar-refractivity contribution in [2.75, 3.05) is 0 Å². The summed E-state index contributed by atoms with van der Waals surface area (Å²) in [6, 6.07) is 9.64. The lowest BCUT2D eigenvalue weighted by molar-refractivity contribution is -0.121. The number of ketones is 1. The van der Waals surface area contributed by atoms with E-state index in [1.165, 1.54) is 6.92 Å². The number of benzene rings is 1. The molecule has 16 heavy (non-hydrogen) atoms. The lowest BCUT2D eigenvalue weighted by Gasteiger charge is -2.10. The molecule has 1 atom stereocenters. The van der Waals surface area contributed by atoms with E-state index < -0.39 is 6.10 Å². The maximum Gasteiger partial charge on any atom is 0.148 e. The minimum absolute atomic E-state index is 0.0789. The molecule has 0 amide bonds. The van der Waals surface area contributed by atoms with Crippen LogP contribution in [0, 0.1) is 0 Å². The summed E-state index contributed by atoms with van der Waals surface area (Å²) in [5, 5.41) is 0. The maximum atomic E-state index is 10.8. The van der Waals surface area contributed by atoms with Crippen LogP contribution in [-0.4, -0.2) is 18.2 Å². The van der Waals surface area contributed by atoms with Gasteiger partial charge in [-0.15, -0.1) is 0 Å². The first-order valence-electron chi connectivity index (χ1n) is 5.32. The van der Waals surface area contributed by atoms with E-state index in [9.17, 15) is 9.59 Å². The number of hydrogen-bond donors (Lipinski definition) is 0. The minimum Gasteiger partial charge on any atom is -0.366 e. The molecular weight excluding hydrogens is 204 g/mol. The van der Waals surface area contributed by atoms with Crippen molar-refractivity contribution >= 4 is 12.1 Å². The van der Waals surface area contributed by atoms with Gasteiger partial charge in [0.05, 0.1) is 6.61 Å². The number of hydrogen-bond acceptors (Lipinski definition) is 3. The van der Waals surface area contributed by atoms with Gasteiger partial charge in [0, 0.05) is 6.42 Å². The first-order chi connectivity index (χ1) is 7.72. The van der Waals surface area contributed by atoms with Gasteiger partial charge in [-0.1, -0.05) is 30.3 Å². The van der Waals surface area contributed by atoms with E-state index in [4.69, 9.17) is 4.74 Å². The molecule has 1 unspecified atom stereocenters. The summed E-state index contributed by atoms with van der Waals surface area (Å²) < 4.78 is 5.41. The molecule has 0 saturated heterocycles. The molecule has 0 heterocycles. The summed E-state index contributed by atoms with van der Waals surface area (Å²) in [7, 11) is 0. The van der Waals surface area contributed by atoms with E-state index in [0.717, 1.165) is 11.8 Å². The Morgan fingerprint density at radius 3 is 2.62 bits per heavy atom. The number of Topliss-reactive ketones (excluding diaryl/α,β-unsaturated/α-hetero) is 1. The fourth-order valence-electron chi connectivity index (χ4n) is 1.31. The summed E-state index contributed by atoms with van der Waals surface area (Å²) in [5.74, 6) is 0.0789. The second-order valence-corrected chi connectivity index (χ2v) is 3.71. The topological polar surface area (TPSA) is 43.4 Å². The second kappa shape index (κ2) is 6.90. The van der Waals surface area contributed by atoms with Crippen LogP contribution in [0.25, 0.3) is 0 Å². The van der Waals surface area contributed by atoms with Gasteiger partial charge in [0.1, 0.15) is 18.2 Å². The van der Waals surface area contributed by atoms with E-state index in [1.807, 2.05) is 30.3 Å². The monoisotopic (exact) mass is 220 g/mol. The van der Waals surface area contributed by atoms with Gasteiger partial charge >= 0.3 is 0 Å². The molecule has 0 aliphatic heterocycles. The van der Waals surface area contributed by atoms with Crippen molar-refractivity contribution in [2.24, 2.45) is 0 Å². The third-order valence-corrected chi connectivity index (χ3v) is 2.24. The fraction of sp³-hybridized carbons (Fsp3) is 0.385. The van der Waals surface area contributed by atoms with Crippen LogP contribution >= 0.6 is 0 Å². The first kappa shape index (κ1) is 12.6. The van der Waals surface area contributed by atoms with Gasteiger partial charge in [-0.2, -0.15) is 0 Å². The molecule has 0 bridgehead atoms. The third-order valence-electron chi connectivity index (χ3n) is 2.24. The van der Waals surface area contributed by atoms with E-state index >= 15 is 0 Å². The maximum absolute atomic E-state index is 10.8. The molecule has 0 radical (unpaired) electrons. The molecule has 3 nitrogen and oxygen atoms in total. The average Bonchev–Trinajstić information content (AvgIpc) is 2.30. The second-order valence-electron chi connectivity index (χ2n) is 3.71. The van der Waals surface area contributed by atoms with Crippen LogP contribution in [0.5, 0.6) is 0 Å².